The van der Waals surface area contributed by atoms with Gasteiger partial charge in [0.05, 0.1) is 0 Å². The van der Waals surface area contributed by atoms with Crippen molar-refractivity contribution in [2.24, 2.45) is 0 Å². The molecule has 0 spiro atoms. The predicted molar refractivity (Wildman–Crippen MR) is 59.1 cm³/mol. The predicted octanol–water partition coefficient (Wildman–Crippen LogP) is 0.854. The molecule has 0 aliphatic rings. The van der Waals surface area contributed by atoms with E-state index in [0.717, 1.165) is 24.6 Å². The number of amides is 1. The Bertz CT molecular complexity index is 142. The Kier molecular flexibility index (Phi) is 8.24. The van der Waals surface area contributed by atoms with Crippen molar-refractivity contribution in [3.8, 4) is 0 Å². The van der Waals surface area contributed by atoms with Crippen molar-refractivity contribution in [3.63, 3.8) is 0 Å². The van der Waals surface area contributed by atoms with E-state index in [4.69, 9.17) is 0 Å². The third kappa shape index (κ3) is 9.70. The summed E-state index contributed by atoms with van der Waals surface area (Å²) in [5.41, 5.74) is 0. The molecule has 1 amide bonds. The highest BCUT2D eigenvalue weighted by molar-refractivity contribution is 7.99. The molecule has 78 valence electrons. The number of hydrogen-bond donors (Lipinski definition) is 2. The lowest BCUT2D eigenvalue weighted by Gasteiger charge is -2.12. The zero-order valence-electron chi connectivity index (χ0n) is 8.72. The molecule has 0 aliphatic heterocycles. The molecule has 0 heterocycles. The van der Waals surface area contributed by atoms with Gasteiger partial charge in [0.1, 0.15) is 0 Å². The molecule has 13 heavy (non-hydrogen) atoms. The minimum atomic E-state index is 0.0392. The van der Waals surface area contributed by atoms with Crippen LogP contribution in [0.5, 0.6) is 0 Å². The van der Waals surface area contributed by atoms with Gasteiger partial charge in [-0.2, -0.15) is 11.8 Å². The minimum Gasteiger partial charge on any atom is -0.355 e. The molecular formula is C9H20N2OS. The molecule has 0 bridgehead atoms. The smallest absolute Gasteiger partial charge is 0.216 e. The molecule has 1 atom stereocenters. The van der Waals surface area contributed by atoms with Crippen LogP contribution in [0.15, 0.2) is 0 Å². The van der Waals surface area contributed by atoms with Crippen LogP contribution >= 0.6 is 11.8 Å². The standard InChI is InChI=1S/C9H20N2OS/c1-4-13-7-8(2)10-5-6-11-9(3)12/h8,10H,4-7H2,1-3H3,(H,11,12). The van der Waals surface area contributed by atoms with Crippen LogP contribution in [0.25, 0.3) is 0 Å². The Hall–Kier alpha value is -0.220. The summed E-state index contributed by atoms with van der Waals surface area (Å²) >= 11 is 1.93. The first kappa shape index (κ1) is 12.8. The molecule has 4 heteroatoms. The third-order valence-corrected chi connectivity index (χ3v) is 2.71. The monoisotopic (exact) mass is 204 g/mol. The Balaban J connectivity index is 3.16. The van der Waals surface area contributed by atoms with Crippen LogP contribution in [0.4, 0.5) is 0 Å². The van der Waals surface area contributed by atoms with E-state index >= 15 is 0 Å². The number of carbonyl (C=O) groups is 1. The van der Waals surface area contributed by atoms with Gasteiger partial charge in [-0.15, -0.1) is 0 Å². The van der Waals surface area contributed by atoms with Gasteiger partial charge in [0.15, 0.2) is 0 Å². The molecule has 2 N–H and O–H groups in total. The summed E-state index contributed by atoms with van der Waals surface area (Å²) in [4.78, 5) is 10.5. The molecule has 0 aromatic heterocycles. The molecule has 0 aromatic rings. The van der Waals surface area contributed by atoms with Crippen molar-refractivity contribution in [1.29, 1.82) is 0 Å². The number of rotatable bonds is 7. The van der Waals surface area contributed by atoms with E-state index in [1.807, 2.05) is 11.8 Å². The summed E-state index contributed by atoms with van der Waals surface area (Å²) in [5, 5.41) is 6.09. The van der Waals surface area contributed by atoms with Gasteiger partial charge in [0.25, 0.3) is 0 Å². The average Bonchev–Trinajstić information content (AvgIpc) is 2.08. The number of hydrogen-bond acceptors (Lipinski definition) is 3. The molecule has 0 fully saturated rings. The van der Waals surface area contributed by atoms with Crippen LogP contribution < -0.4 is 10.6 Å². The second kappa shape index (κ2) is 8.38. The first-order valence-corrected chi connectivity index (χ1v) is 5.87. The van der Waals surface area contributed by atoms with Gasteiger partial charge in [-0.3, -0.25) is 4.79 Å². The maximum atomic E-state index is 10.5. The van der Waals surface area contributed by atoms with E-state index in [0.29, 0.717) is 6.04 Å². The quantitative estimate of drug-likeness (QED) is 0.604. The van der Waals surface area contributed by atoms with Gasteiger partial charge in [-0.25, -0.2) is 0 Å². The molecule has 0 rings (SSSR count). The van der Waals surface area contributed by atoms with Gasteiger partial charge in [-0.1, -0.05) is 6.92 Å². The number of nitrogens with one attached hydrogen (secondary N) is 2. The third-order valence-electron chi connectivity index (χ3n) is 1.56. The van der Waals surface area contributed by atoms with Crippen LogP contribution in [0.2, 0.25) is 0 Å². The van der Waals surface area contributed by atoms with Gasteiger partial charge in [-0.05, 0) is 12.7 Å². The summed E-state index contributed by atoms with van der Waals surface area (Å²) in [7, 11) is 0. The highest BCUT2D eigenvalue weighted by atomic mass is 32.2. The van der Waals surface area contributed by atoms with E-state index in [-0.39, 0.29) is 5.91 Å². The zero-order valence-corrected chi connectivity index (χ0v) is 9.54. The average molecular weight is 204 g/mol. The molecule has 1 unspecified atom stereocenters. The lowest BCUT2D eigenvalue weighted by Crippen LogP contribution is -2.36. The molecular weight excluding hydrogens is 184 g/mol. The molecule has 0 aliphatic carbocycles. The second-order valence-corrected chi connectivity index (χ2v) is 4.32. The van der Waals surface area contributed by atoms with Crippen molar-refractivity contribution in [2.75, 3.05) is 24.6 Å². The van der Waals surface area contributed by atoms with Crippen molar-refractivity contribution >= 4 is 17.7 Å². The number of thioether (sulfide) groups is 1. The first-order chi connectivity index (χ1) is 6.16. The second-order valence-electron chi connectivity index (χ2n) is 3.00. The number of carbonyl (C=O) groups excluding carboxylic acids is 1. The molecule has 0 saturated carbocycles. The van der Waals surface area contributed by atoms with Gasteiger partial charge in [0, 0.05) is 31.8 Å². The topological polar surface area (TPSA) is 41.1 Å². The van der Waals surface area contributed by atoms with Crippen molar-refractivity contribution < 1.29 is 4.79 Å². The van der Waals surface area contributed by atoms with Crippen molar-refractivity contribution in [1.82, 2.24) is 10.6 Å². The molecule has 3 nitrogen and oxygen atoms in total. The normalized spacial score (nSPS) is 12.5. The van der Waals surface area contributed by atoms with Crippen LogP contribution in [0, 0.1) is 0 Å². The highest BCUT2D eigenvalue weighted by Gasteiger charge is 1.99. The minimum absolute atomic E-state index is 0.0392. The molecule has 0 radical (unpaired) electrons. The summed E-state index contributed by atoms with van der Waals surface area (Å²) in [6.45, 7) is 7.43. The molecule has 0 saturated heterocycles. The summed E-state index contributed by atoms with van der Waals surface area (Å²) in [5.74, 6) is 2.34. The Morgan fingerprint density at radius 3 is 2.69 bits per heavy atom. The van der Waals surface area contributed by atoms with Gasteiger partial charge in [0.2, 0.25) is 5.91 Å². The van der Waals surface area contributed by atoms with E-state index in [1.54, 1.807) is 0 Å². The molecule has 0 aromatic carbocycles. The maximum Gasteiger partial charge on any atom is 0.216 e. The highest BCUT2D eigenvalue weighted by Crippen LogP contribution is 2.00. The fourth-order valence-corrected chi connectivity index (χ4v) is 1.62. The Morgan fingerprint density at radius 2 is 2.15 bits per heavy atom. The summed E-state index contributed by atoms with van der Waals surface area (Å²) < 4.78 is 0. The summed E-state index contributed by atoms with van der Waals surface area (Å²) in [6.07, 6.45) is 0. The fraction of sp³-hybridized carbons (Fsp3) is 0.889. The van der Waals surface area contributed by atoms with Crippen LogP contribution in [-0.2, 0) is 4.79 Å². The Labute approximate surface area is 85.0 Å². The van der Waals surface area contributed by atoms with Crippen molar-refractivity contribution in [2.45, 2.75) is 26.8 Å². The van der Waals surface area contributed by atoms with E-state index in [9.17, 15) is 4.79 Å². The first-order valence-electron chi connectivity index (χ1n) is 4.72. The van der Waals surface area contributed by atoms with Crippen LogP contribution in [-0.4, -0.2) is 36.5 Å². The van der Waals surface area contributed by atoms with E-state index in [2.05, 4.69) is 24.5 Å². The van der Waals surface area contributed by atoms with Crippen molar-refractivity contribution in [3.05, 3.63) is 0 Å². The zero-order chi connectivity index (χ0) is 10.1. The maximum absolute atomic E-state index is 10.5. The largest absolute Gasteiger partial charge is 0.355 e. The SMILES string of the molecule is CCSCC(C)NCCNC(C)=O. The lowest BCUT2D eigenvalue weighted by atomic mass is 10.4. The Morgan fingerprint density at radius 1 is 1.46 bits per heavy atom. The van der Waals surface area contributed by atoms with Crippen LogP contribution in [0.3, 0.4) is 0 Å². The fourth-order valence-electron chi connectivity index (χ4n) is 0.911. The van der Waals surface area contributed by atoms with E-state index in [1.165, 1.54) is 6.92 Å². The summed E-state index contributed by atoms with van der Waals surface area (Å²) in [6, 6.07) is 0.527. The van der Waals surface area contributed by atoms with Crippen LogP contribution in [0.1, 0.15) is 20.8 Å². The lowest BCUT2D eigenvalue weighted by molar-refractivity contribution is -0.118. The van der Waals surface area contributed by atoms with Gasteiger partial charge >= 0.3 is 0 Å². The van der Waals surface area contributed by atoms with Gasteiger partial charge < -0.3 is 10.6 Å². The van der Waals surface area contributed by atoms with E-state index < -0.39 is 0 Å².